The highest BCUT2D eigenvalue weighted by molar-refractivity contribution is 6.30. The van der Waals surface area contributed by atoms with Crippen LogP contribution in [0, 0.1) is 5.92 Å². The van der Waals surface area contributed by atoms with Crippen molar-refractivity contribution in [1.29, 1.82) is 0 Å². The molecule has 0 bridgehead atoms. The molecular formula is C23H25ClN2O5. The number of ketones is 1. The number of carbonyl (C=O) groups excluding carboxylic acids is 2. The van der Waals surface area contributed by atoms with E-state index in [-0.39, 0.29) is 23.7 Å². The number of ether oxygens (including phenoxy) is 1. The third kappa shape index (κ3) is 6.79. The van der Waals surface area contributed by atoms with Gasteiger partial charge in [-0.15, -0.1) is 0 Å². The first kappa shape index (κ1) is 22.7. The van der Waals surface area contributed by atoms with Crippen molar-refractivity contribution < 1.29 is 24.2 Å². The molecule has 8 heteroatoms. The molecule has 1 aliphatic carbocycles. The quantitative estimate of drug-likeness (QED) is 0.444. The summed E-state index contributed by atoms with van der Waals surface area (Å²) in [6, 6.07) is 8.54. The molecular weight excluding hydrogens is 420 g/mol. The average molecular weight is 445 g/mol. The molecule has 0 saturated heterocycles. The van der Waals surface area contributed by atoms with Crippen LogP contribution in [0.2, 0.25) is 5.02 Å². The summed E-state index contributed by atoms with van der Waals surface area (Å²) in [6.07, 6.45) is 6.42. The van der Waals surface area contributed by atoms with Crippen molar-refractivity contribution in [3.05, 3.63) is 58.9 Å². The lowest BCUT2D eigenvalue weighted by Crippen LogP contribution is -2.27. The van der Waals surface area contributed by atoms with E-state index in [1.165, 1.54) is 18.5 Å². The molecule has 0 radical (unpaired) electrons. The molecule has 2 N–H and O–H groups in total. The molecule has 0 atom stereocenters. The van der Waals surface area contributed by atoms with E-state index in [9.17, 15) is 14.4 Å². The maximum absolute atomic E-state index is 12.4. The Morgan fingerprint density at radius 1 is 1.06 bits per heavy atom. The topological polar surface area (TPSA) is 106 Å². The number of carboxylic acids is 1. The van der Waals surface area contributed by atoms with Gasteiger partial charge in [0.1, 0.15) is 5.75 Å². The van der Waals surface area contributed by atoms with Gasteiger partial charge in [-0.05, 0) is 62.4 Å². The molecule has 3 rings (SSSR count). The minimum atomic E-state index is -0.734. The molecule has 164 valence electrons. The molecule has 0 unspecified atom stereocenters. The number of hydrogen-bond acceptors (Lipinski definition) is 5. The van der Waals surface area contributed by atoms with Gasteiger partial charge < -0.3 is 15.2 Å². The van der Waals surface area contributed by atoms with Crippen LogP contribution in [0.4, 0.5) is 0 Å². The van der Waals surface area contributed by atoms with Crippen LogP contribution < -0.4 is 10.1 Å². The molecule has 1 amide bonds. The number of aromatic nitrogens is 1. The van der Waals surface area contributed by atoms with Crippen LogP contribution in [0.15, 0.2) is 42.7 Å². The van der Waals surface area contributed by atoms with Crippen molar-refractivity contribution >= 4 is 29.3 Å². The van der Waals surface area contributed by atoms with Gasteiger partial charge in [-0.2, -0.15) is 0 Å². The molecule has 0 spiro atoms. The van der Waals surface area contributed by atoms with Crippen molar-refractivity contribution in [1.82, 2.24) is 10.3 Å². The van der Waals surface area contributed by atoms with E-state index in [2.05, 4.69) is 10.3 Å². The lowest BCUT2D eigenvalue weighted by molar-refractivity contribution is -0.143. The van der Waals surface area contributed by atoms with Crippen LogP contribution in [0.5, 0.6) is 5.75 Å². The van der Waals surface area contributed by atoms with Crippen molar-refractivity contribution in [2.45, 2.75) is 44.6 Å². The predicted octanol–water partition coefficient (Wildman–Crippen LogP) is 4.15. The van der Waals surface area contributed by atoms with E-state index in [0.29, 0.717) is 67.0 Å². The van der Waals surface area contributed by atoms with Gasteiger partial charge in [0.15, 0.2) is 5.78 Å². The maximum atomic E-state index is 12.4. The standard InChI is InChI=1S/C23H25ClN2O5/c24-18-12-17(13-25-14-18)22(28)26-11-1-2-21(27)15-3-7-19(8-4-15)31-20-9-5-16(6-10-20)23(29)30/h3-4,7-8,12-14,16,20H,1-2,5-6,9-11H2,(H,26,28)(H,29,30). The number of hydrogen-bond donors (Lipinski definition) is 2. The van der Waals surface area contributed by atoms with E-state index in [4.69, 9.17) is 21.4 Å². The maximum Gasteiger partial charge on any atom is 0.306 e. The van der Waals surface area contributed by atoms with Crippen molar-refractivity contribution in [3.8, 4) is 5.75 Å². The Kier molecular flexibility index (Phi) is 8.00. The minimum Gasteiger partial charge on any atom is -0.490 e. The Bertz CT molecular complexity index is 924. The number of Topliss-reactive ketones (excluding diaryl/α,β-unsaturated/α-hetero) is 1. The second-order valence-electron chi connectivity index (χ2n) is 7.63. The zero-order valence-electron chi connectivity index (χ0n) is 17.1. The van der Waals surface area contributed by atoms with E-state index >= 15 is 0 Å². The molecule has 1 aromatic carbocycles. The summed E-state index contributed by atoms with van der Waals surface area (Å²) in [5.74, 6) is -0.611. The summed E-state index contributed by atoms with van der Waals surface area (Å²) < 4.78 is 5.93. The lowest BCUT2D eigenvalue weighted by Gasteiger charge is -2.26. The number of nitrogens with one attached hydrogen (secondary N) is 1. The monoisotopic (exact) mass is 444 g/mol. The van der Waals surface area contributed by atoms with Gasteiger partial charge >= 0.3 is 5.97 Å². The summed E-state index contributed by atoms with van der Waals surface area (Å²) in [5, 5.41) is 12.2. The molecule has 1 fully saturated rings. The first-order chi connectivity index (χ1) is 14.9. The molecule has 0 aliphatic heterocycles. The fraction of sp³-hybridized carbons (Fsp3) is 0.391. The van der Waals surface area contributed by atoms with Gasteiger partial charge in [-0.3, -0.25) is 19.4 Å². The van der Waals surface area contributed by atoms with Crippen LogP contribution in [0.1, 0.15) is 59.2 Å². The van der Waals surface area contributed by atoms with Gasteiger partial charge in [-0.25, -0.2) is 0 Å². The molecule has 1 heterocycles. The van der Waals surface area contributed by atoms with Gasteiger partial charge in [0.25, 0.3) is 5.91 Å². The Morgan fingerprint density at radius 2 is 1.77 bits per heavy atom. The smallest absolute Gasteiger partial charge is 0.306 e. The largest absolute Gasteiger partial charge is 0.490 e. The second-order valence-corrected chi connectivity index (χ2v) is 8.06. The van der Waals surface area contributed by atoms with E-state index < -0.39 is 5.97 Å². The Labute approximate surface area is 185 Å². The number of rotatable bonds is 9. The Morgan fingerprint density at radius 3 is 2.42 bits per heavy atom. The number of carboxylic acid groups (broad SMARTS) is 1. The molecule has 1 saturated carbocycles. The summed E-state index contributed by atoms with van der Waals surface area (Å²) >= 11 is 5.82. The summed E-state index contributed by atoms with van der Waals surface area (Å²) in [5.41, 5.74) is 0.971. The highest BCUT2D eigenvalue weighted by Gasteiger charge is 2.26. The number of pyridine rings is 1. The van der Waals surface area contributed by atoms with Crippen molar-refractivity contribution in [2.75, 3.05) is 6.54 Å². The number of aliphatic carboxylic acids is 1. The predicted molar refractivity (Wildman–Crippen MR) is 116 cm³/mol. The zero-order chi connectivity index (χ0) is 22.2. The SMILES string of the molecule is O=C(CCCNC(=O)c1cncc(Cl)c1)c1ccc(OC2CCC(C(=O)O)CC2)cc1. The van der Waals surface area contributed by atoms with Crippen LogP contribution in [-0.4, -0.2) is 40.4 Å². The normalized spacial score (nSPS) is 18.2. The first-order valence-corrected chi connectivity index (χ1v) is 10.7. The Hall–Kier alpha value is -2.93. The van der Waals surface area contributed by atoms with Crippen LogP contribution in [-0.2, 0) is 4.79 Å². The second kappa shape index (κ2) is 10.9. The van der Waals surface area contributed by atoms with Crippen molar-refractivity contribution in [3.63, 3.8) is 0 Å². The van der Waals surface area contributed by atoms with Crippen LogP contribution in [0.25, 0.3) is 0 Å². The third-order valence-corrected chi connectivity index (χ3v) is 5.54. The van der Waals surface area contributed by atoms with Gasteiger partial charge in [-0.1, -0.05) is 11.6 Å². The third-order valence-electron chi connectivity index (χ3n) is 5.34. The Balaban J connectivity index is 1.39. The van der Waals surface area contributed by atoms with Gasteiger partial charge in [0.2, 0.25) is 0 Å². The van der Waals surface area contributed by atoms with Crippen LogP contribution in [0.3, 0.4) is 0 Å². The number of carbonyl (C=O) groups is 3. The van der Waals surface area contributed by atoms with E-state index in [1.807, 2.05) is 0 Å². The highest BCUT2D eigenvalue weighted by atomic mass is 35.5. The minimum absolute atomic E-state index is 0.00723. The van der Waals surface area contributed by atoms with Gasteiger partial charge in [0, 0.05) is 30.9 Å². The van der Waals surface area contributed by atoms with E-state index in [0.717, 1.165) is 0 Å². The summed E-state index contributed by atoms with van der Waals surface area (Å²) in [7, 11) is 0. The average Bonchev–Trinajstić information content (AvgIpc) is 2.77. The van der Waals surface area contributed by atoms with Gasteiger partial charge in [0.05, 0.1) is 22.6 Å². The number of nitrogens with zero attached hydrogens (tertiary/aromatic N) is 1. The fourth-order valence-corrected chi connectivity index (χ4v) is 3.75. The number of halogens is 1. The number of amides is 1. The summed E-state index contributed by atoms with van der Waals surface area (Å²) in [4.78, 5) is 39.3. The number of benzene rings is 1. The first-order valence-electron chi connectivity index (χ1n) is 10.3. The molecule has 1 aromatic heterocycles. The van der Waals surface area contributed by atoms with Crippen molar-refractivity contribution in [2.24, 2.45) is 5.92 Å². The molecule has 7 nitrogen and oxygen atoms in total. The molecule has 1 aliphatic rings. The molecule has 2 aromatic rings. The van der Waals surface area contributed by atoms with Crippen LogP contribution >= 0.6 is 11.6 Å². The summed E-state index contributed by atoms with van der Waals surface area (Å²) in [6.45, 7) is 0.372. The molecule has 31 heavy (non-hydrogen) atoms. The fourth-order valence-electron chi connectivity index (χ4n) is 3.57. The van der Waals surface area contributed by atoms with E-state index in [1.54, 1.807) is 24.3 Å². The lowest BCUT2D eigenvalue weighted by atomic mass is 9.87. The highest BCUT2D eigenvalue weighted by Crippen LogP contribution is 2.28. The zero-order valence-corrected chi connectivity index (χ0v) is 17.8.